The third-order valence-corrected chi connectivity index (χ3v) is 3.81. The van der Waals surface area contributed by atoms with Gasteiger partial charge in [0.1, 0.15) is 0 Å². The predicted octanol–water partition coefficient (Wildman–Crippen LogP) is 0.614. The van der Waals surface area contributed by atoms with Crippen LogP contribution in [0.5, 0.6) is 0 Å². The summed E-state index contributed by atoms with van der Waals surface area (Å²) in [6, 6.07) is 5.84. The Morgan fingerprint density at radius 2 is 2.12 bits per heavy atom. The van der Waals surface area contributed by atoms with Crippen molar-refractivity contribution in [1.82, 2.24) is 0 Å². The lowest BCUT2D eigenvalue weighted by Gasteiger charge is -2.07. The average Bonchev–Trinajstić information content (AvgIpc) is 2.28. The van der Waals surface area contributed by atoms with Gasteiger partial charge in [0.15, 0.2) is 0 Å². The fourth-order valence-electron chi connectivity index (χ4n) is 1.18. The molecule has 0 aromatic heterocycles. The number of carboxylic acids is 1. The maximum absolute atomic E-state index is 11.8. The van der Waals surface area contributed by atoms with E-state index in [1.165, 1.54) is 18.2 Å². The van der Waals surface area contributed by atoms with Crippen LogP contribution in [0.15, 0.2) is 29.2 Å². The number of carbonyl (C=O) groups excluding carboxylic acids is 1. The number of aromatic carboxylic acids is 1. The van der Waals surface area contributed by atoms with Gasteiger partial charge in [-0.25, -0.2) is 4.79 Å². The number of nitrogens with two attached hydrogens (primary N) is 1. The minimum Gasteiger partial charge on any atom is -0.478 e. The summed E-state index contributed by atoms with van der Waals surface area (Å²) in [4.78, 5) is 22.0. The van der Waals surface area contributed by atoms with Crippen molar-refractivity contribution in [3.05, 3.63) is 29.8 Å². The molecule has 0 aliphatic carbocycles. The second-order valence-electron chi connectivity index (χ2n) is 3.65. The number of rotatable bonds is 5. The molecule has 0 saturated carbocycles. The van der Waals surface area contributed by atoms with Crippen LogP contribution in [0.2, 0.25) is 0 Å². The van der Waals surface area contributed by atoms with E-state index in [0.717, 1.165) is 0 Å². The molecule has 1 amide bonds. The van der Waals surface area contributed by atoms with Crippen LogP contribution in [0, 0.1) is 5.92 Å². The van der Waals surface area contributed by atoms with Gasteiger partial charge in [0.2, 0.25) is 5.91 Å². The van der Waals surface area contributed by atoms with E-state index in [4.69, 9.17) is 10.8 Å². The monoisotopic (exact) mass is 255 g/mol. The first-order chi connectivity index (χ1) is 7.91. The van der Waals surface area contributed by atoms with Crippen LogP contribution in [-0.2, 0) is 15.6 Å². The molecule has 1 aromatic carbocycles. The van der Waals surface area contributed by atoms with E-state index in [0.29, 0.717) is 4.90 Å². The smallest absolute Gasteiger partial charge is 0.335 e. The van der Waals surface area contributed by atoms with Crippen LogP contribution in [0.3, 0.4) is 0 Å². The molecule has 92 valence electrons. The van der Waals surface area contributed by atoms with Crippen molar-refractivity contribution < 1.29 is 18.9 Å². The van der Waals surface area contributed by atoms with Gasteiger partial charge in [0, 0.05) is 16.6 Å². The lowest BCUT2D eigenvalue weighted by molar-refractivity contribution is -0.120. The molecule has 0 saturated heterocycles. The van der Waals surface area contributed by atoms with Gasteiger partial charge < -0.3 is 10.8 Å². The summed E-state index contributed by atoms with van der Waals surface area (Å²) >= 11 is 0. The lowest BCUT2D eigenvalue weighted by atomic mass is 10.2. The highest BCUT2D eigenvalue weighted by molar-refractivity contribution is 7.85. The molecule has 3 N–H and O–H groups in total. The molecular formula is C11H13NO4S. The molecule has 0 heterocycles. The third kappa shape index (κ3) is 3.67. The largest absolute Gasteiger partial charge is 0.478 e. The number of amides is 1. The van der Waals surface area contributed by atoms with Crippen molar-refractivity contribution in [3.8, 4) is 0 Å². The zero-order valence-corrected chi connectivity index (χ0v) is 10.1. The van der Waals surface area contributed by atoms with Crippen molar-refractivity contribution in [2.45, 2.75) is 11.8 Å². The molecule has 1 aromatic rings. The van der Waals surface area contributed by atoms with Gasteiger partial charge in [-0.2, -0.15) is 0 Å². The van der Waals surface area contributed by atoms with Crippen LogP contribution >= 0.6 is 0 Å². The zero-order chi connectivity index (χ0) is 13.0. The van der Waals surface area contributed by atoms with Gasteiger partial charge in [-0.05, 0) is 18.2 Å². The summed E-state index contributed by atoms with van der Waals surface area (Å²) in [5.41, 5.74) is 5.14. The molecule has 0 aliphatic heterocycles. The first-order valence-electron chi connectivity index (χ1n) is 4.93. The van der Waals surface area contributed by atoms with E-state index < -0.39 is 28.6 Å². The summed E-state index contributed by atoms with van der Waals surface area (Å²) in [6.45, 7) is 1.58. The van der Waals surface area contributed by atoms with Gasteiger partial charge in [0.25, 0.3) is 0 Å². The van der Waals surface area contributed by atoms with Gasteiger partial charge in [-0.3, -0.25) is 9.00 Å². The van der Waals surface area contributed by atoms with Gasteiger partial charge in [-0.15, -0.1) is 0 Å². The normalized spacial score (nSPS) is 13.9. The minimum absolute atomic E-state index is 0.0718. The van der Waals surface area contributed by atoms with E-state index >= 15 is 0 Å². The molecule has 0 radical (unpaired) electrons. The molecule has 0 bridgehead atoms. The first-order valence-corrected chi connectivity index (χ1v) is 6.24. The third-order valence-electron chi connectivity index (χ3n) is 2.23. The second kappa shape index (κ2) is 5.58. The minimum atomic E-state index is -1.43. The molecule has 1 rings (SSSR count). The number of benzene rings is 1. The summed E-state index contributed by atoms with van der Waals surface area (Å²) in [5, 5.41) is 8.79. The number of carbonyl (C=O) groups is 2. The molecular weight excluding hydrogens is 242 g/mol. The van der Waals surface area contributed by atoms with Crippen molar-refractivity contribution in [2.75, 3.05) is 5.75 Å². The zero-order valence-electron chi connectivity index (χ0n) is 9.25. The van der Waals surface area contributed by atoms with Crippen LogP contribution in [0.4, 0.5) is 0 Å². The fourth-order valence-corrected chi connectivity index (χ4v) is 2.48. The van der Waals surface area contributed by atoms with Crippen molar-refractivity contribution in [1.29, 1.82) is 0 Å². The van der Waals surface area contributed by atoms with Crippen LogP contribution in [0.1, 0.15) is 17.3 Å². The Kier molecular flexibility index (Phi) is 4.39. The van der Waals surface area contributed by atoms with Crippen LogP contribution < -0.4 is 5.73 Å². The van der Waals surface area contributed by atoms with Gasteiger partial charge in [0.05, 0.1) is 16.4 Å². The molecule has 0 spiro atoms. The Balaban J connectivity index is 2.86. The summed E-state index contributed by atoms with van der Waals surface area (Å²) in [5.74, 6) is -2.01. The summed E-state index contributed by atoms with van der Waals surface area (Å²) in [6.07, 6.45) is 0. The van der Waals surface area contributed by atoms with Gasteiger partial charge >= 0.3 is 5.97 Å². The molecule has 5 nitrogen and oxygen atoms in total. The Bertz CT molecular complexity index is 472. The molecule has 0 aliphatic rings. The second-order valence-corrected chi connectivity index (χ2v) is 5.14. The Morgan fingerprint density at radius 1 is 1.47 bits per heavy atom. The number of hydrogen-bond donors (Lipinski definition) is 2. The average molecular weight is 255 g/mol. The topological polar surface area (TPSA) is 97.5 Å². The highest BCUT2D eigenvalue weighted by atomic mass is 32.2. The standard InChI is InChI=1S/C11H13NO4S/c1-7(10(12)13)6-17(16)9-4-2-3-8(5-9)11(14)15/h2-5,7H,6H2,1H3,(H2,12,13)(H,14,15). The fraction of sp³-hybridized carbons (Fsp3) is 0.273. The Morgan fingerprint density at radius 3 is 2.65 bits per heavy atom. The van der Waals surface area contributed by atoms with Crippen molar-refractivity contribution in [2.24, 2.45) is 11.7 Å². The van der Waals surface area contributed by atoms with Crippen molar-refractivity contribution >= 4 is 22.7 Å². The quantitative estimate of drug-likeness (QED) is 0.805. The van der Waals surface area contributed by atoms with E-state index in [2.05, 4.69) is 0 Å². The Hall–Kier alpha value is -1.69. The van der Waals surface area contributed by atoms with E-state index in [-0.39, 0.29) is 11.3 Å². The van der Waals surface area contributed by atoms with Crippen LogP contribution in [-0.4, -0.2) is 26.9 Å². The van der Waals surface area contributed by atoms with Crippen LogP contribution in [0.25, 0.3) is 0 Å². The predicted molar refractivity (Wildman–Crippen MR) is 63.0 cm³/mol. The summed E-state index contributed by atoms with van der Waals surface area (Å²) < 4.78 is 11.8. The van der Waals surface area contributed by atoms with Crippen molar-refractivity contribution in [3.63, 3.8) is 0 Å². The molecule has 0 fully saturated rings. The van der Waals surface area contributed by atoms with Gasteiger partial charge in [-0.1, -0.05) is 13.0 Å². The molecule has 2 atom stereocenters. The SMILES string of the molecule is CC(CS(=O)c1cccc(C(=O)O)c1)C(N)=O. The number of hydrogen-bond acceptors (Lipinski definition) is 3. The highest BCUT2D eigenvalue weighted by Gasteiger charge is 2.15. The highest BCUT2D eigenvalue weighted by Crippen LogP contribution is 2.12. The number of carboxylic acid groups (broad SMARTS) is 1. The first kappa shape index (κ1) is 13.4. The summed E-state index contributed by atoms with van der Waals surface area (Å²) in [7, 11) is -1.43. The Labute approximate surface area is 101 Å². The maximum Gasteiger partial charge on any atom is 0.335 e. The molecule has 6 heteroatoms. The van der Waals surface area contributed by atoms with E-state index in [1.54, 1.807) is 13.0 Å². The number of primary amides is 1. The van der Waals surface area contributed by atoms with E-state index in [9.17, 15) is 13.8 Å². The lowest BCUT2D eigenvalue weighted by Crippen LogP contribution is -2.25. The van der Waals surface area contributed by atoms with E-state index in [1.807, 2.05) is 0 Å². The maximum atomic E-state index is 11.8. The molecule has 2 unspecified atom stereocenters. The molecule has 17 heavy (non-hydrogen) atoms.